The standard InChI is InChI=1S/C77H134O6/c1-4-7-10-13-16-19-22-25-28-31-33-34-35-36-37-38-39-40-41-42-43-44-45-47-49-52-55-58-61-64-67-70-76(79)82-73-74(72-81-75(78)69-66-63-60-57-54-51-48-30-27-24-21-18-15-12-9-6-3)83-77(80)71-68-65-62-59-56-53-50-46-32-29-26-23-20-17-14-11-8-5-2/h7,10,16,19-20,23,25,28-30,32-34,36-37,48,74H,4-6,8-9,11-15,17-18,21-22,24,26-27,31,35,38-47,49-73H2,1-3H3/b10-7-,19-16-,23-20-,28-25-,32-29-,34-33-,37-36-,48-30-. The van der Waals surface area contributed by atoms with E-state index in [9.17, 15) is 14.4 Å². The molecule has 1 unspecified atom stereocenters. The van der Waals surface area contributed by atoms with Gasteiger partial charge in [0, 0.05) is 19.3 Å². The van der Waals surface area contributed by atoms with Crippen LogP contribution >= 0.6 is 0 Å². The maximum Gasteiger partial charge on any atom is 0.306 e. The molecule has 0 spiro atoms. The summed E-state index contributed by atoms with van der Waals surface area (Å²) in [4.78, 5) is 38.5. The Balaban J connectivity index is 4.27. The van der Waals surface area contributed by atoms with Crippen LogP contribution in [0.1, 0.15) is 355 Å². The Morgan fingerprint density at radius 1 is 0.253 bits per heavy atom. The van der Waals surface area contributed by atoms with Crippen molar-refractivity contribution in [3.05, 3.63) is 97.2 Å². The van der Waals surface area contributed by atoms with Crippen LogP contribution < -0.4 is 0 Å². The quantitative estimate of drug-likeness (QED) is 0.0261. The first-order chi connectivity index (χ1) is 41.0. The van der Waals surface area contributed by atoms with Crippen molar-refractivity contribution >= 4 is 17.9 Å². The zero-order chi connectivity index (χ0) is 59.9. The van der Waals surface area contributed by atoms with Crippen molar-refractivity contribution in [2.45, 2.75) is 361 Å². The molecule has 0 aliphatic carbocycles. The molecule has 478 valence electrons. The SMILES string of the molecule is CC/C=C\C/C=C\C/C=C\C/C=C\C/C=C\CCCCCCCCCCCCCCCCCC(=O)OCC(COC(=O)CCCCCCC/C=C\CCCCCCCCC)OC(=O)CCCCCCCCC/C=C\C/C=C\CCCCCC. The zero-order valence-corrected chi connectivity index (χ0v) is 54.9. The first kappa shape index (κ1) is 79.3. The van der Waals surface area contributed by atoms with E-state index >= 15 is 0 Å². The monoisotopic (exact) mass is 1160 g/mol. The van der Waals surface area contributed by atoms with Gasteiger partial charge in [0.25, 0.3) is 0 Å². The zero-order valence-electron chi connectivity index (χ0n) is 54.9. The number of esters is 3. The van der Waals surface area contributed by atoms with Gasteiger partial charge in [-0.3, -0.25) is 14.4 Å². The van der Waals surface area contributed by atoms with E-state index in [-0.39, 0.29) is 31.1 Å². The molecular weight excluding hydrogens is 1020 g/mol. The maximum atomic E-state index is 12.9. The van der Waals surface area contributed by atoms with Gasteiger partial charge in [-0.05, 0) is 122 Å². The van der Waals surface area contributed by atoms with E-state index in [1.165, 1.54) is 205 Å². The first-order valence-corrected chi connectivity index (χ1v) is 35.7. The lowest BCUT2D eigenvalue weighted by atomic mass is 10.0. The molecule has 0 radical (unpaired) electrons. The number of rotatable bonds is 65. The van der Waals surface area contributed by atoms with Crippen LogP contribution in [0.4, 0.5) is 0 Å². The Bertz CT molecular complexity index is 1610. The maximum absolute atomic E-state index is 12.9. The van der Waals surface area contributed by atoms with E-state index < -0.39 is 6.10 Å². The van der Waals surface area contributed by atoms with Crippen LogP contribution in [0, 0.1) is 0 Å². The molecule has 0 heterocycles. The predicted octanol–water partition coefficient (Wildman–Crippen LogP) is 24.8. The Hall–Kier alpha value is -3.67. The lowest BCUT2D eigenvalue weighted by molar-refractivity contribution is -0.167. The molecule has 0 aromatic carbocycles. The Kier molecular flexibility index (Phi) is 67.7. The molecule has 0 saturated carbocycles. The highest BCUT2D eigenvalue weighted by Gasteiger charge is 2.19. The molecule has 0 aliphatic rings. The topological polar surface area (TPSA) is 78.9 Å². The molecule has 6 heteroatoms. The third kappa shape index (κ3) is 69.0. The smallest absolute Gasteiger partial charge is 0.306 e. The average molecular weight is 1160 g/mol. The number of ether oxygens (including phenoxy) is 3. The Morgan fingerprint density at radius 3 is 0.759 bits per heavy atom. The fourth-order valence-electron chi connectivity index (χ4n) is 10.2. The molecule has 1 atom stereocenters. The van der Waals surface area contributed by atoms with Gasteiger partial charge in [-0.25, -0.2) is 0 Å². The van der Waals surface area contributed by atoms with Gasteiger partial charge in [-0.15, -0.1) is 0 Å². The highest BCUT2D eigenvalue weighted by atomic mass is 16.6. The average Bonchev–Trinajstić information content (AvgIpc) is 3.49. The van der Waals surface area contributed by atoms with Gasteiger partial charge in [0.15, 0.2) is 6.10 Å². The molecule has 0 saturated heterocycles. The van der Waals surface area contributed by atoms with Gasteiger partial charge in [-0.2, -0.15) is 0 Å². The van der Waals surface area contributed by atoms with Gasteiger partial charge in [0.1, 0.15) is 13.2 Å². The fourth-order valence-corrected chi connectivity index (χ4v) is 10.2. The van der Waals surface area contributed by atoms with Crippen LogP contribution in [0.5, 0.6) is 0 Å². The normalized spacial score (nSPS) is 12.7. The molecule has 0 fully saturated rings. The third-order valence-corrected chi connectivity index (χ3v) is 15.5. The molecule has 0 aliphatic heterocycles. The Labute approximate surface area is 515 Å². The van der Waals surface area contributed by atoms with Crippen LogP contribution in [0.25, 0.3) is 0 Å². The molecule has 0 bridgehead atoms. The van der Waals surface area contributed by atoms with Crippen LogP contribution in [0.3, 0.4) is 0 Å². The van der Waals surface area contributed by atoms with Gasteiger partial charge < -0.3 is 14.2 Å². The minimum atomic E-state index is -0.786. The predicted molar refractivity (Wildman–Crippen MR) is 362 cm³/mol. The Morgan fingerprint density at radius 2 is 0.470 bits per heavy atom. The summed E-state index contributed by atoms with van der Waals surface area (Å²) in [5.74, 6) is -0.880. The lowest BCUT2D eigenvalue weighted by Gasteiger charge is -2.18. The van der Waals surface area contributed by atoms with Crippen molar-refractivity contribution in [2.24, 2.45) is 0 Å². The van der Waals surface area contributed by atoms with E-state index in [2.05, 4.69) is 118 Å². The van der Waals surface area contributed by atoms with Crippen molar-refractivity contribution in [1.29, 1.82) is 0 Å². The highest BCUT2D eigenvalue weighted by molar-refractivity contribution is 5.71. The third-order valence-electron chi connectivity index (χ3n) is 15.5. The van der Waals surface area contributed by atoms with Gasteiger partial charge in [0.2, 0.25) is 0 Å². The summed E-state index contributed by atoms with van der Waals surface area (Å²) in [6, 6.07) is 0. The van der Waals surface area contributed by atoms with Crippen molar-refractivity contribution in [1.82, 2.24) is 0 Å². The van der Waals surface area contributed by atoms with E-state index in [0.717, 1.165) is 109 Å². The second-order valence-corrected chi connectivity index (χ2v) is 23.8. The minimum Gasteiger partial charge on any atom is -0.462 e. The second-order valence-electron chi connectivity index (χ2n) is 23.8. The molecule has 0 rings (SSSR count). The second kappa shape index (κ2) is 70.8. The number of allylic oxidation sites excluding steroid dienone is 16. The fraction of sp³-hybridized carbons (Fsp3) is 0.753. The van der Waals surface area contributed by atoms with E-state index in [4.69, 9.17) is 14.2 Å². The van der Waals surface area contributed by atoms with Crippen LogP contribution in [-0.2, 0) is 28.6 Å². The summed E-state index contributed by atoms with van der Waals surface area (Å²) in [7, 11) is 0. The van der Waals surface area contributed by atoms with E-state index in [1.807, 2.05) is 0 Å². The summed E-state index contributed by atoms with van der Waals surface area (Å²) < 4.78 is 17.0. The van der Waals surface area contributed by atoms with Crippen molar-refractivity contribution in [2.75, 3.05) is 13.2 Å². The van der Waals surface area contributed by atoms with E-state index in [1.54, 1.807) is 0 Å². The molecular formula is C77H134O6. The molecule has 6 nitrogen and oxygen atoms in total. The van der Waals surface area contributed by atoms with Crippen LogP contribution in [0.2, 0.25) is 0 Å². The molecule has 0 amide bonds. The summed E-state index contributed by atoms with van der Waals surface area (Å²) in [6.45, 7) is 6.54. The van der Waals surface area contributed by atoms with Crippen molar-refractivity contribution in [3.63, 3.8) is 0 Å². The summed E-state index contributed by atoms with van der Waals surface area (Å²) in [6.07, 6.45) is 95.7. The first-order valence-electron chi connectivity index (χ1n) is 35.7. The van der Waals surface area contributed by atoms with Crippen LogP contribution in [0.15, 0.2) is 97.2 Å². The largest absolute Gasteiger partial charge is 0.462 e. The summed E-state index contributed by atoms with van der Waals surface area (Å²) in [5.41, 5.74) is 0. The lowest BCUT2D eigenvalue weighted by Crippen LogP contribution is -2.30. The van der Waals surface area contributed by atoms with Crippen molar-refractivity contribution < 1.29 is 28.6 Å². The highest BCUT2D eigenvalue weighted by Crippen LogP contribution is 2.17. The molecule has 0 N–H and O–H groups in total. The van der Waals surface area contributed by atoms with Gasteiger partial charge in [0.05, 0.1) is 0 Å². The number of hydrogen-bond acceptors (Lipinski definition) is 6. The van der Waals surface area contributed by atoms with E-state index in [0.29, 0.717) is 19.3 Å². The van der Waals surface area contributed by atoms with Gasteiger partial charge in [-0.1, -0.05) is 311 Å². The molecule has 83 heavy (non-hydrogen) atoms. The van der Waals surface area contributed by atoms with Crippen LogP contribution in [-0.4, -0.2) is 37.2 Å². The molecule has 0 aromatic heterocycles. The molecule has 0 aromatic rings. The number of carbonyl (C=O) groups excluding carboxylic acids is 3. The van der Waals surface area contributed by atoms with Gasteiger partial charge >= 0.3 is 17.9 Å². The summed E-state index contributed by atoms with van der Waals surface area (Å²) >= 11 is 0. The number of hydrogen-bond donors (Lipinski definition) is 0. The number of unbranched alkanes of at least 4 members (excludes halogenated alkanes) is 38. The summed E-state index contributed by atoms with van der Waals surface area (Å²) in [5, 5.41) is 0. The minimum absolute atomic E-state index is 0.0806. The van der Waals surface area contributed by atoms with Crippen molar-refractivity contribution in [3.8, 4) is 0 Å². The number of carbonyl (C=O) groups is 3.